The fourth-order valence-electron chi connectivity index (χ4n) is 5.61. The van der Waals surface area contributed by atoms with Gasteiger partial charge in [0.15, 0.2) is 18.1 Å². The first kappa shape index (κ1) is 33.6. The number of carbonyl (C=O) groups excluding carboxylic acids is 4. The number of benzene rings is 3. The van der Waals surface area contributed by atoms with Crippen LogP contribution in [-0.4, -0.2) is 53.7 Å². The van der Waals surface area contributed by atoms with E-state index in [0.29, 0.717) is 48.2 Å². The molecule has 3 aromatic carbocycles. The SMILES string of the molecule is CCOC(=O)c1ccc(N2C(=O)[C@H]3[C@H](c4ccc(OCC(=O)Nc5ccc(Cl)c(Cl)c5)c(OCC)c4)c4sc(=O)[nH]c4S[C@H]3C2=O)cc1. The lowest BCUT2D eigenvalue weighted by molar-refractivity contribution is -0.122. The molecule has 0 saturated carbocycles. The number of amides is 3. The predicted molar refractivity (Wildman–Crippen MR) is 183 cm³/mol. The second kappa shape index (κ2) is 14.0. The van der Waals surface area contributed by atoms with E-state index >= 15 is 0 Å². The number of thiazole rings is 1. The van der Waals surface area contributed by atoms with Gasteiger partial charge in [-0.15, -0.1) is 0 Å². The summed E-state index contributed by atoms with van der Waals surface area (Å²) in [6.45, 7) is 3.64. The zero-order valence-corrected chi connectivity index (χ0v) is 28.6. The predicted octanol–water partition coefficient (Wildman–Crippen LogP) is 6.13. The van der Waals surface area contributed by atoms with Crippen LogP contribution in [0.5, 0.6) is 11.5 Å². The Labute approximate surface area is 292 Å². The number of thioether (sulfide) groups is 1. The number of carbonyl (C=O) groups is 4. The van der Waals surface area contributed by atoms with Gasteiger partial charge in [-0.3, -0.25) is 19.2 Å². The number of fused-ring (bicyclic) bond motifs is 2. The normalized spacial score (nSPS) is 18.2. The van der Waals surface area contributed by atoms with Crippen molar-refractivity contribution in [1.29, 1.82) is 0 Å². The van der Waals surface area contributed by atoms with Crippen molar-refractivity contribution in [3.63, 3.8) is 0 Å². The van der Waals surface area contributed by atoms with E-state index in [1.54, 1.807) is 44.2 Å². The molecule has 3 atom stereocenters. The Hall–Kier alpha value is -4.30. The van der Waals surface area contributed by atoms with E-state index in [2.05, 4.69) is 10.3 Å². The average Bonchev–Trinajstić information content (AvgIpc) is 3.56. The van der Waals surface area contributed by atoms with Gasteiger partial charge in [0.2, 0.25) is 11.8 Å². The van der Waals surface area contributed by atoms with E-state index in [1.165, 1.54) is 30.3 Å². The largest absolute Gasteiger partial charge is 0.490 e. The molecule has 0 radical (unpaired) electrons. The van der Waals surface area contributed by atoms with E-state index in [0.717, 1.165) is 28.0 Å². The first-order valence-electron chi connectivity index (χ1n) is 14.8. The lowest BCUT2D eigenvalue weighted by atomic mass is 9.83. The molecule has 1 fully saturated rings. The van der Waals surface area contributed by atoms with Crippen LogP contribution in [0.3, 0.4) is 0 Å². The van der Waals surface area contributed by atoms with Crippen LogP contribution in [0.1, 0.15) is 40.6 Å². The topological polar surface area (TPSA) is 144 Å². The molecule has 6 rings (SSSR count). The lowest BCUT2D eigenvalue weighted by Crippen LogP contribution is -2.32. The number of nitrogens with one attached hydrogen (secondary N) is 2. The second-order valence-electron chi connectivity index (χ2n) is 10.6. The van der Waals surface area contributed by atoms with Crippen molar-refractivity contribution in [3.05, 3.63) is 96.4 Å². The summed E-state index contributed by atoms with van der Waals surface area (Å²) in [5.74, 6) is -2.73. The zero-order valence-electron chi connectivity index (χ0n) is 25.4. The first-order chi connectivity index (χ1) is 23.1. The Bertz CT molecular complexity index is 1980. The summed E-state index contributed by atoms with van der Waals surface area (Å²) in [6, 6.07) is 15.9. The number of nitrogens with zero attached hydrogens (tertiary/aromatic N) is 1. The molecule has 0 aliphatic carbocycles. The summed E-state index contributed by atoms with van der Waals surface area (Å²) < 4.78 is 16.7. The van der Waals surface area contributed by atoms with Crippen LogP contribution in [0.4, 0.5) is 11.4 Å². The highest BCUT2D eigenvalue weighted by molar-refractivity contribution is 8.00. The summed E-state index contributed by atoms with van der Waals surface area (Å²) in [5, 5.41) is 3.05. The molecule has 1 aromatic heterocycles. The van der Waals surface area contributed by atoms with E-state index in [1.807, 2.05) is 0 Å². The Balaban J connectivity index is 1.28. The minimum Gasteiger partial charge on any atom is -0.490 e. The van der Waals surface area contributed by atoms with Crippen LogP contribution in [0, 0.1) is 5.92 Å². The number of anilines is 2. The third-order valence-electron chi connectivity index (χ3n) is 7.65. The van der Waals surface area contributed by atoms with E-state index in [4.69, 9.17) is 37.4 Å². The van der Waals surface area contributed by atoms with Gasteiger partial charge >= 0.3 is 10.8 Å². The molecule has 3 heterocycles. The van der Waals surface area contributed by atoms with Gasteiger partial charge in [-0.1, -0.05) is 52.4 Å². The number of aromatic amines is 1. The smallest absolute Gasteiger partial charge is 0.338 e. The molecule has 11 nitrogen and oxygen atoms in total. The molecule has 4 aromatic rings. The van der Waals surface area contributed by atoms with E-state index < -0.39 is 40.8 Å². The van der Waals surface area contributed by atoms with E-state index in [9.17, 15) is 24.0 Å². The van der Waals surface area contributed by atoms with Crippen LogP contribution in [-0.2, 0) is 19.1 Å². The van der Waals surface area contributed by atoms with Crippen molar-refractivity contribution < 1.29 is 33.4 Å². The molecular formula is C33H27Cl2N3O8S2. The molecule has 1 saturated heterocycles. The highest BCUT2D eigenvalue weighted by Crippen LogP contribution is 2.53. The van der Waals surface area contributed by atoms with Crippen LogP contribution in [0.2, 0.25) is 10.0 Å². The summed E-state index contributed by atoms with van der Waals surface area (Å²) in [6.07, 6.45) is 0. The summed E-state index contributed by atoms with van der Waals surface area (Å²) in [4.78, 5) is 69.5. The molecule has 48 heavy (non-hydrogen) atoms. The molecular weight excluding hydrogens is 701 g/mol. The molecule has 3 amide bonds. The number of H-pyrrole nitrogens is 1. The van der Waals surface area contributed by atoms with Gasteiger partial charge in [0.25, 0.3) is 5.91 Å². The Kier molecular flexibility index (Phi) is 9.83. The van der Waals surface area contributed by atoms with Gasteiger partial charge in [-0.25, -0.2) is 9.69 Å². The van der Waals surface area contributed by atoms with Gasteiger partial charge < -0.3 is 24.5 Å². The van der Waals surface area contributed by atoms with Gasteiger partial charge in [0, 0.05) is 16.5 Å². The fraction of sp³-hybridized carbons (Fsp3) is 0.242. The van der Waals surface area contributed by atoms with Crippen LogP contribution >= 0.6 is 46.3 Å². The molecule has 2 aliphatic rings. The Morgan fingerprint density at radius 1 is 0.896 bits per heavy atom. The van der Waals surface area contributed by atoms with Crippen molar-refractivity contribution in [3.8, 4) is 11.5 Å². The maximum Gasteiger partial charge on any atom is 0.338 e. The quantitative estimate of drug-likeness (QED) is 0.146. The Morgan fingerprint density at radius 2 is 1.67 bits per heavy atom. The minimum absolute atomic E-state index is 0.214. The molecule has 0 unspecified atom stereocenters. The van der Waals surface area contributed by atoms with Gasteiger partial charge in [-0.05, 0) is 74.0 Å². The van der Waals surface area contributed by atoms with Crippen molar-refractivity contribution in [2.24, 2.45) is 5.92 Å². The van der Waals surface area contributed by atoms with Gasteiger partial charge in [0.05, 0.1) is 45.5 Å². The highest BCUT2D eigenvalue weighted by Gasteiger charge is 2.56. The third kappa shape index (κ3) is 6.55. The zero-order chi connectivity index (χ0) is 34.1. The van der Waals surface area contributed by atoms with Crippen LogP contribution in [0.25, 0.3) is 0 Å². The highest BCUT2D eigenvalue weighted by atomic mass is 35.5. The summed E-state index contributed by atoms with van der Waals surface area (Å²) in [5.41, 5.74) is 1.69. The van der Waals surface area contributed by atoms with Crippen molar-refractivity contribution >= 4 is 81.4 Å². The van der Waals surface area contributed by atoms with Crippen molar-refractivity contribution in [1.82, 2.24) is 4.98 Å². The number of esters is 1. The maximum absolute atomic E-state index is 14.1. The van der Waals surface area contributed by atoms with Crippen molar-refractivity contribution in [2.75, 3.05) is 30.0 Å². The van der Waals surface area contributed by atoms with Gasteiger partial charge in [-0.2, -0.15) is 0 Å². The maximum atomic E-state index is 14.1. The molecule has 15 heteroatoms. The number of halogens is 2. The summed E-state index contributed by atoms with van der Waals surface area (Å²) >= 11 is 14.1. The molecule has 0 bridgehead atoms. The molecule has 2 aliphatic heterocycles. The van der Waals surface area contributed by atoms with Crippen LogP contribution < -0.4 is 24.6 Å². The third-order valence-corrected chi connectivity index (χ3v) is 10.8. The monoisotopic (exact) mass is 727 g/mol. The lowest BCUT2D eigenvalue weighted by Gasteiger charge is -2.30. The van der Waals surface area contributed by atoms with Gasteiger partial charge in [0.1, 0.15) is 5.25 Å². The Morgan fingerprint density at radius 3 is 2.38 bits per heavy atom. The number of aromatic nitrogens is 1. The molecule has 0 spiro atoms. The van der Waals surface area contributed by atoms with Crippen LogP contribution in [0.15, 0.2) is 70.5 Å². The molecule has 248 valence electrons. The summed E-state index contributed by atoms with van der Waals surface area (Å²) in [7, 11) is 0. The number of hydrogen-bond acceptors (Lipinski definition) is 10. The number of imide groups is 1. The number of hydrogen-bond donors (Lipinski definition) is 2. The fourth-order valence-corrected chi connectivity index (χ4v) is 8.42. The average molecular weight is 729 g/mol. The standard InChI is InChI=1S/C33H27Cl2N3O8S2/c1-3-44-23-13-17(7-12-22(23)46-15-24(39)36-18-8-11-20(34)21(35)14-18)25-26-28(47-29-27(25)48-33(43)37-29)31(41)38(30(26)40)19-9-5-16(6-10-19)32(42)45-4-2/h5-14,25-26,28H,3-4,15H2,1-2H3,(H,36,39)(H,37,43)/t25-,26-,28+/m0/s1. The second-order valence-corrected chi connectivity index (χ2v) is 13.6. The molecule has 2 N–H and O–H groups in total. The first-order valence-corrected chi connectivity index (χ1v) is 17.2. The van der Waals surface area contributed by atoms with E-state index in [-0.39, 0.29) is 30.4 Å². The minimum atomic E-state index is -0.843. The van der Waals surface area contributed by atoms with Crippen molar-refractivity contribution in [2.45, 2.75) is 30.0 Å². The number of rotatable bonds is 10. The number of ether oxygens (including phenoxy) is 3.